The average molecular weight is 528 g/mol. The van der Waals surface area contributed by atoms with Crippen LogP contribution in [0.5, 0.6) is 0 Å². The molecule has 0 heterocycles. The predicted molar refractivity (Wildman–Crippen MR) is 145 cm³/mol. The number of carbonyl (C=O) groups excluding carboxylic acids is 1. The average Bonchev–Trinajstić information content (AvgIpc) is 2.86. The third kappa shape index (κ3) is 23.9. The van der Waals surface area contributed by atoms with Gasteiger partial charge in [-0.1, -0.05) is 74.1 Å². The van der Waals surface area contributed by atoms with Gasteiger partial charge in [-0.3, -0.25) is 13.8 Å². The van der Waals surface area contributed by atoms with Gasteiger partial charge in [0.25, 0.3) is 0 Å². The van der Waals surface area contributed by atoms with Gasteiger partial charge in [0.1, 0.15) is 6.10 Å². The Kier molecular flexibility index (Phi) is 23.6. The van der Waals surface area contributed by atoms with E-state index in [2.05, 4.69) is 72.2 Å². The van der Waals surface area contributed by atoms with E-state index in [9.17, 15) is 19.4 Å². The Morgan fingerprint density at radius 3 is 1.94 bits per heavy atom. The highest BCUT2D eigenvalue weighted by molar-refractivity contribution is 7.47. The largest absolute Gasteiger partial charge is 0.472 e. The molecule has 0 spiro atoms. The molecule has 0 bridgehead atoms. The summed E-state index contributed by atoms with van der Waals surface area (Å²) >= 11 is 0. The Morgan fingerprint density at radius 2 is 1.42 bits per heavy atom. The molecule has 0 aliphatic rings. The molecule has 8 nitrogen and oxygen atoms in total. The van der Waals surface area contributed by atoms with Crippen molar-refractivity contribution in [1.82, 2.24) is 0 Å². The molecule has 0 aromatic carbocycles. The summed E-state index contributed by atoms with van der Waals surface area (Å²) in [5, 5.41) is 9.27. The van der Waals surface area contributed by atoms with Crippen molar-refractivity contribution in [3.05, 3.63) is 60.8 Å². The van der Waals surface area contributed by atoms with Gasteiger partial charge in [-0.15, -0.1) is 0 Å². The molecule has 9 heteroatoms. The van der Waals surface area contributed by atoms with Crippen molar-refractivity contribution in [1.29, 1.82) is 0 Å². The van der Waals surface area contributed by atoms with Crippen molar-refractivity contribution < 1.29 is 33.1 Å². The standard InChI is InChI=1S/C27H46NO7P/c1-2-3-4-5-6-7-8-9-10-11-12-13-14-15-16-17-18-19-20-21-27(30)35-26(24-29)25-34-36(31,32)33-23-22-28/h3-4,6-7,9-10,12-13,15-16,26,29H,2,5,8,11,14,17-25,28H2,1H3,(H,31,32)/t26-/m1/s1. The van der Waals surface area contributed by atoms with Crippen LogP contribution in [0.1, 0.15) is 71.1 Å². The highest BCUT2D eigenvalue weighted by Crippen LogP contribution is 2.42. The van der Waals surface area contributed by atoms with Crippen LogP contribution in [0.15, 0.2) is 60.8 Å². The van der Waals surface area contributed by atoms with Crippen LogP contribution >= 0.6 is 7.82 Å². The predicted octanol–water partition coefficient (Wildman–Crippen LogP) is 5.68. The van der Waals surface area contributed by atoms with Gasteiger partial charge >= 0.3 is 13.8 Å². The lowest BCUT2D eigenvalue weighted by molar-refractivity contribution is -0.153. The Morgan fingerprint density at radius 1 is 0.861 bits per heavy atom. The lowest BCUT2D eigenvalue weighted by Gasteiger charge is -2.17. The van der Waals surface area contributed by atoms with Crippen molar-refractivity contribution in [3.8, 4) is 0 Å². The number of hydrogen-bond donors (Lipinski definition) is 3. The number of hydrogen-bond acceptors (Lipinski definition) is 7. The van der Waals surface area contributed by atoms with Crippen molar-refractivity contribution in [2.24, 2.45) is 5.73 Å². The molecule has 0 aromatic rings. The molecule has 0 saturated carbocycles. The Balaban J connectivity index is 3.76. The molecule has 2 atom stereocenters. The van der Waals surface area contributed by atoms with Gasteiger partial charge in [-0.05, 0) is 51.4 Å². The number of nitrogens with two attached hydrogens (primary N) is 1. The number of aliphatic hydroxyl groups is 1. The first-order valence-corrected chi connectivity index (χ1v) is 14.3. The summed E-state index contributed by atoms with van der Waals surface area (Å²) in [6.45, 7) is 1.10. The van der Waals surface area contributed by atoms with Gasteiger partial charge in [0, 0.05) is 13.0 Å². The zero-order valence-electron chi connectivity index (χ0n) is 21.7. The maximum atomic E-state index is 11.9. The number of allylic oxidation sites excluding steroid dienone is 10. The Labute approximate surface area is 217 Å². The van der Waals surface area contributed by atoms with Gasteiger partial charge in [0.2, 0.25) is 0 Å². The molecule has 206 valence electrons. The van der Waals surface area contributed by atoms with E-state index in [-0.39, 0.29) is 19.6 Å². The molecule has 0 aliphatic carbocycles. The number of esters is 1. The van der Waals surface area contributed by atoms with E-state index in [1.807, 2.05) is 0 Å². The van der Waals surface area contributed by atoms with Crippen molar-refractivity contribution in [2.75, 3.05) is 26.4 Å². The Bertz CT molecular complexity index is 732. The highest BCUT2D eigenvalue weighted by Gasteiger charge is 2.24. The molecule has 0 amide bonds. The van der Waals surface area contributed by atoms with Gasteiger partial charge < -0.3 is 20.5 Å². The van der Waals surface area contributed by atoms with Crippen LogP contribution in [0.25, 0.3) is 0 Å². The van der Waals surface area contributed by atoms with E-state index >= 15 is 0 Å². The zero-order chi connectivity index (χ0) is 26.7. The molecule has 4 N–H and O–H groups in total. The summed E-state index contributed by atoms with van der Waals surface area (Å²) in [5.74, 6) is -0.483. The molecule has 0 fully saturated rings. The molecule has 36 heavy (non-hydrogen) atoms. The molecule has 0 aliphatic heterocycles. The molecule has 0 saturated heterocycles. The normalized spacial score (nSPS) is 15.1. The number of unbranched alkanes of at least 4 members (excludes halogenated alkanes) is 3. The maximum absolute atomic E-state index is 11.9. The fraction of sp³-hybridized carbons (Fsp3) is 0.593. The number of phosphoric ester groups is 1. The fourth-order valence-electron chi connectivity index (χ4n) is 2.83. The van der Waals surface area contributed by atoms with Crippen molar-refractivity contribution in [2.45, 2.75) is 77.2 Å². The summed E-state index contributed by atoms with van der Waals surface area (Å²) < 4.78 is 25.9. The molecule has 1 unspecified atom stereocenters. The van der Waals surface area contributed by atoms with Gasteiger partial charge in [-0.2, -0.15) is 0 Å². The third-order valence-corrected chi connectivity index (χ3v) is 5.69. The maximum Gasteiger partial charge on any atom is 0.472 e. The minimum atomic E-state index is -4.28. The number of rotatable bonds is 23. The van der Waals surface area contributed by atoms with Gasteiger partial charge in [0.15, 0.2) is 0 Å². The lowest BCUT2D eigenvalue weighted by Crippen LogP contribution is -2.27. The van der Waals surface area contributed by atoms with E-state index in [0.29, 0.717) is 6.42 Å². The van der Waals surface area contributed by atoms with Crippen molar-refractivity contribution >= 4 is 13.8 Å². The summed E-state index contributed by atoms with van der Waals surface area (Å²) in [6, 6.07) is 0. The van der Waals surface area contributed by atoms with Crippen LogP contribution in [-0.2, 0) is 23.1 Å². The van der Waals surface area contributed by atoms with Crippen LogP contribution in [0.2, 0.25) is 0 Å². The van der Waals surface area contributed by atoms with E-state index in [1.54, 1.807) is 0 Å². The van der Waals surface area contributed by atoms with Crippen LogP contribution in [0.4, 0.5) is 0 Å². The van der Waals surface area contributed by atoms with Crippen molar-refractivity contribution in [3.63, 3.8) is 0 Å². The second kappa shape index (κ2) is 24.9. The van der Waals surface area contributed by atoms with E-state index < -0.39 is 33.1 Å². The summed E-state index contributed by atoms with van der Waals surface area (Å²) in [6.07, 6.45) is 29.3. The molecule has 0 aromatic heterocycles. The third-order valence-electron chi connectivity index (χ3n) is 4.71. The highest BCUT2D eigenvalue weighted by atomic mass is 31.2. The second-order valence-electron chi connectivity index (χ2n) is 7.99. The van der Waals surface area contributed by atoms with E-state index in [1.165, 1.54) is 0 Å². The van der Waals surface area contributed by atoms with Gasteiger partial charge in [-0.25, -0.2) is 4.57 Å². The fourth-order valence-corrected chi connectivity index (χ4v) is 3.59. The molecule has 0 rings (SSSR count). The zero-order valence-corrected chi connectivity index (χ0v) is 22.6. The van der Waals surface area contributed by atoms with Crippen LogP contribution in [0.3, 0.4) is 0 Å². The SMILES string of the molecule is CCC=CCC=CCC=CCC=CCC=CCCCCCC(=O)O[C@H](CO)COP(=O)(O)OCCN. The topological polar surface area (TPSA) is 128 Å². The molecular formula is C27H46NO7P. The first-order valence-electron chi connectivity index (χ1n) is 12.8. The number of phosphoric acid groups is 1. The number of carbonyl (C=O) groups is 1. The first kappa shape index (κ1) is 34.2. The van der Waals surface area contributed by atoms with Crippen LogP contribution in [0, 0.1) is 0 Å². The minimum Gasteiger partial charge on any atom is -0.457 e. The summed E-state index contributed by atoms with van der Waals surface area (Å²) in [5.41, 5.74) is 5.19. The smallest absolute Gasteiger partial charge is 0.457 e. The van der Waals surface area contributed by atoms with Crippen LogP contribution < -0.4 is 5.73 Å². The minimum absolute atomic E-state index is 0.0629. The lowest BCUT2D eigenvalue weighted by atomic mass is 10.1. The summed E-state index contributed by atoms with van der Waals surface area (Å²) in [7, 11) is -4.28. The quantitative estimate of drug-likeness (QED) is 0.0670. The van der Waals surface area contributed by atoms with Crippen LogP contribution in [-0.4, -0.2) is 48.4 Å². The first-order chi connectivity index (χ1) is 17.4. The monoisotopic (exact) mass is 527 g/mol. The number of ether oxygens (including phenoxy) is 1. The number of aliphatic hydroxyl groups excluding tert-OH is 1. The summed E-state index contributed by atoms with van der Waals surface area (Å²) in [4.78, 5) is 21.3. The Hall–Kier alpha value is -1.80. The second-order valence-corrected chi connectivity index (χ2v) is 9.44. The molecular weight excluding hydrogens is 481 g/mol. The van der Waals surface area contributed by atoms with E-state index in [4.69, 9.17) is 15.0 Å². The molecule has 0 radical (unpaired) electrons. The van der Waals surface area contributed by atoms with E-state index in [0.717, 1.165) is 51.4 Å². The van der Waals surface area contributed by atoms with Gasteiger partial charge in [0.05, 0.1) is 19.8 Å².